The van der Waals surface area contributed by atoms with E-state index in [1.165, 1.54) is 12.4 Å². The SMILES string of the molecule is C=NN(N)/C=C/N(N)N. The predicted octanol–water partition coefficient (Wildman–Crippen LogP) is -1.70. The smallest absolute Gasteiger partial charge is 0.0605 e. The Kier molecular flexibility index (Phi) is 3.37. The van der Waals surface area contributed by atoms with Crippen LogP contribution in [0.25, 0.3) is 0 Å². The molecule has 0 rings (SSSR count). The lowest BCUT2D eigenvalue weighted by Gasteiger charge is -2.06. The number of nitrogens with zero attached hydrogens (tertiary/aromatic N) is 3. The molecule has 0 saturated heterocycles. The molecule has 0 aromatic carbocycles. The summed E-state index contributed by atoms with van der Waals surface area (Å²) in [6.45, 7) is 3.14. The van der Waals surface area contributed by atoms with Gasteiger partial charge in [0.05, 0.1) is 12.4 Å². The molecule has 0 aromatic heterocycles. The predicted molar refractivity (Wildman–Crippen MR) is 34.9 cm³/mol. The van der Waals surface area contributed by atoms with E-state index in [2.05, 4.69) is 11.8 Å². The molecular weight excluding hydrogens is 120 g/mol. The van der Waals surface area contributed by atoms with Gasteiger partial charge in [0.2, 0.25) is 0 Å². The summed E-state index contributed by atoms with van der Waals surface area (Å²) < 4.78 is 0. The highest BCUT2D eigenvalue weighted by Crippen LogP contribution is 1.77. The van der Waals surface area contributed by atoms with E-state index >= 15 is 0 Å². The third kappa shape index (κ3) is 4.75. The molecule has 6 nitrogen and oxygen atoms in total. The first-order valence-electron chi connectivity index (χ1n) is 2.14. The van der Waals surface area contributed by atoms with Gasteiger partial charge < -0.3 is 0 Å². The highest BCUT2D eigenvalue weighted by molar-refractivity contribution is 5.22. The molecule has 0 aliphatic heterocycles. The highest BCUT2D eigenvalue weighted by Gasteiger charge is 1.80. The molecule has 0 radical (unpaired) electrons. The fourth-order valence-corrected chi connectivity index (χ4v) is 0.192. The monoisotopic (exact) mass is 130 g/mol. The average Bonchev–Trinajstić information content (AvgIpc) is 1.83. The number of nitrogens with two attached hydrogens (primary N) is 3. The van der Waals surface area contributed by atoms with Gasteiger partial charge in [-0.1, -0.05) is 0 Å². The molecule has 0 atom stereocenters. The van der Waals surface area contributed by atoms with Crippen LogP contribution in [0.3, 0.4) is 0 Å². The fourth-order valence-electron chi connectivity index (χ4n) is 0.192. The lowest BCUT2D eigenvalue weighted by atomic mass is 10.9. The quantitative estimate of drug-likeness (QED) is 0.240. The summed E-state index contributed by atoms with van der Waals surface area (Å²) in [5, 5.41) is 5.13. The molecule has 0 heterocycles. The van der Waals surface area contributed by atoms with Crippen LogP contribution in [0, 0.1) is 0 Å². The van der Waals surface area contributed by atoms with Crippen LogP contribution in [-0.2, 0) is 0 Å². The molecule has 0 aliphatic carbocycles. The molecule has 0 fully saturated rings. The van der Waals surface area contributed by atoms with Crippen molar-refractivity contribution in [2.45, 2.75) is 0 Å². The Balaban J connectivity index is 3.56. The molecule has 9 heavy (non-hydrogen) atoms. The second kappa shape index (κ2) is 3.84. The van der Waals surface area contributed by atoms with Crippen LogP contribution < -0.4 is 17.5 Å². The maximum absolute atomic E-state index is 5.10. The zero-order chi connectivity index (χ0) is 7.28. The van der Waals surface area contributed by atoms with Crippen LogP contribution in [0.1, 0.15) is 0 Å². The van der Waals surface area contributed by atoms with Crippen molar-refractivity contribution in [3.63, 3.8) is 0 Å². The standard InChI is InChI=1S/C3H10N6/c1-7-9(6)3-2-8(4)5/h2-3H,1,4-6H2/b3-2+. The van der Waals surface area contributed by atoms with Gasteiger partial charge in [-0.05, 0) is 0 Å². The van der Waals surface area contributed by atoms with Crippen molar-refractivity contribution < 1.29 is 0 Å². The highest BCUT2D eigenvalue weighted by atomic mass is 15.6. The molecule has 6 N–H and O–H groups in total. The largest absolute Gasteiger partial charge is 0.253 e. The first-order chi connectivity index (χ1) is 4.16. The first-order valence-corrected chi connectivity index (χ1v) is 2.14. The Hall–Kier alpha value is -1.11. The lowest BCUT2D eigenvalue weighted by Crippen LogP contribution is -2.33. The molecule has 0 spiro atoms. The summed E-state index contributed by atoms with van der Waals surface area (Å²) in [4.78, 5) is 0. The van der Waals surface area contributed by atoms with Crippen LogP contribution in [0.4, 0.5) is 0 Å². The van der Waals surface area contributed by atoms with Gasteiger partial charge in [-0.2, -0.15) is 5.10 Å². The van der Waals surface area contributed by atoms with Gasteiger partial charge in [-0.25, -0.2) is 22.6 Å². The summed E-state index contributed by atoms with van der Waals surface area (Å²) >= 11 is 0. The molecule has 0 amide bonds. The van der Waals surface area contributed by atoms with Crippen molar-refractivity contribution in [3.8, 4) is 0 Å². The van der Waals surface area contributed by atoms with Gasteiger partial charge >= 0.3 is 0 Å². The fraction of sp³-hybridized carbons (Fsp3) is 0. The molecule has 0 aliphatic rings. The van der Waals surface area contributed by atoms with E-state index in [0.29, 0.717) is 0 Å². The maximum atomic E-state index is 5.10. The molecular formula is C3H10N6. The van der Waals surface area contributed by atoms with E-state index in [9.17, 15) is 0 Å². The molecule has 0 aromatic rings. The third-order valence-electron chi connectivity index (χ3n) is 0.555. The molecule has 0 unspecified atom stereocenters. The Morgan fingerprint density at radius 3 is 2.11 bits per heavy atom. The van der Waals surface area contributed by atoms with E-state index < -0.39 is 0 Å². The minimum Gasteiger partial charge on any atom is -0.253 e. The van der Waals surface area contributed by atoms with Gasteiger partial charge in [0.1, 0.15) is 0 Å². The first kappa shape index (κ1) is 7.89. The Bertz CT molecular complexity index is 107. The van der Waals surface area contributed by atoms with Gasteiger partial charge in [0, 0.05) is 6.72 Å². The summed E-state index contributed by atoms with van der Waals surface area (Å²) in [7, 11) is 0. The molecule has 0 bridgehead atoms. The summed E-state index contributed by atoms with van der Waals surface area (Å²) in [6, 6.07) is 0. The topological polar surface area (TPSA) is 96.9 Å². The van der Waals surface area contributed by atoms with Gasteiger partial charge in [-0.3, -0.25) is 5.12 Å². The summed E-state index contributed by atoms with van der Waals surface area (Å²) in [5.41, 5.74) is 0. The minimum absolute atomic E-state index is 0.852. The van der Waals surface area contributed by atoms with E-state index in [4.69, 9.17) is 17.5 Å². The van der Waals surface area contributed by atoms with E-state index in [1.807, 2.05) is 0 Å². The minimum atomic E-state index is 0.852. The molecule has 52 valence electrons. The Labute approximate surface area is 53.1 Å². The number of hydrogen-bond donors (Lipinski definition) is 3. The zero-order valence-electron chi connectivity index (χ0n) is 4.94. The van der Waals surface area contributed by atoms with Crippen molar-refractivity contribution in [2.75, 3.05) is 0 Å². The van der Waals surface area contributed by atoms with Crippen molar-refractivity contribution >= 4 is 6.72 Å². The van der Waals surface area contributed by atoms with Crippen LogP contribution >= 0.6 is 0 Å². The van der Waals surface area contributed by atoms with Gasteiger partial charge in [-0.15, -0.1) is 0 Å². The van der Waals surface area contributed by atoms with Crippen molar-refractivity contribution in [1.82, 2.24) is 10.2 Å². The van der Waals surface area contributed by atoms with Crippen LogP contribution in [0.2, 0.25) is 0 Å². The van der Waals surface area contributed by atoms with Gasteiger partial charge in [0.25, 0.3) is 0 Å². The Morgan fingerprint density at radius 1 is 1.22 bits per heavy atom. The number of hydrazine groups is 3. The van der Waals surface area contributed by atoms with E-state index in [1.54, 1.807) is 0 Å². The number of rotatable bonds is 3. The van der Waals surface area contributed by atoms with E-state index in [0.717, 1.165) is 10.2 Å². The third-order valence-corrected chi connectivity index (χ3v) is 0.555. The van der Waals surface area contributed by atoms with Crippen molar-refractivity contribution in [2.24, 2.45) is 22.6 Å². The zero-order valence-corrected chi connectivity index (χ0v) is 4.94. The maximum Gasteiger partial charge on any atom is 0.0605 e. The lowest BCUT2D eigenvalue weighted by molar-refractivity contribution is 0.376. The average molecular weight is 130 g/mol. The second-order valence-corrected chi connectivity index (χ2v) is 1.27. The van der Waals surface area contributed by atoms with Crippen molar-refractivity contribution in [3.05, 3.63) is 12.4 Å². The summed E-state index contributed by atoms with van der Waals surface area (Å²) in [5.74, 6) is 15.1. The Morgan fingerprint density at radius 2 is 1.78 bits per heavy atom. The second-order valence-electron chi connectivity index (χ2n) is 1.27. The normalized spacial score (nSPS) is 9.67. The molecule has 0 saturated carbocycles. The van der Waals surface area contributed by atoms with Crippen LogP contribution in [0.15, 0.2) is 17.5 Å². The van der Waals surface area contributed by atoms with Crippen molar-refractivity contribution in [1.29, 1.82) is 0 Å². The number of hydrazone groups is 1. The number of hydrogen-bond acceptors (Lipinski definition) is 6. The summed E-state index contributed by atoms with van der Waals surface area (Å²) in [6.07, 6.45) is 2.68. The van der Waals surface area contributed by atoms with Crippen LogP contribution in [0.5, 0.6) is 0 Å². The van der Waals surface area contributed by atoms with Crippen LogP contribution in [-0.4, -0.2) is 17.0 Å². The van der Waals surface area contributed by atoms with Gasteiger partial charge in [0.15, 0.2) is 0 Å². The van der Waals surface area contributed by atoms with E-state index in [-0.39, 0.29) is 0 Å². The molecule has 6 heteroatoms.